The van der Waals surface area contributed by atoms with Gasteiger partial charge in [0.25, 0.3) is 0 Å². The minimum absolute atomic E-state index is 0.155. The van der Waals surface area contributed by atoms with Gasteiger partial charge in [-0.25, -0.2) is 0 Å². The fourth-order valence-corrected chi connectivity index (χ4v) is 1.16. The molecule has 0 bridgehead atoms. The lowest BCUT2D eigenvalue weighted by Gasteiger charge is -2.22. The van der Waals surface area contributed by atoms with Gasteiger partial charge in [-0.15, -0.1) is 0 Å². The molecule has 1 unspecified atom stereocenters. The lowest BCUT2D eigenvalue weighted by atomic mass is 10.1. The molecule has 1 atom stereocenters. The van der Waals surface area contributed by atoms with Crippen molar-refractivity contribution in [1.29, 1.82) is 5.26 Å². The minimum Gasteiger partial charge on any atom is -0.396 e. The molecular formula is C11H15N3O2. The number of aliphatic hydroxyl groups is 2. The maximum Gasteiger partial charge on any atom is 0.102 e. The van der Waals surface area contributed by atoms with Crippen LogP contribution < -0.4 is 11.1 Å². The Labute approximate surface area is 94.1 Å². The summed E-state index contributed by atoms with van der Waals surface area (Å²) in [6, 6.07) is 7.00. The summed E-state index contributed by atoms with van der Waals surface area (Å²) in [5.74, 6) is 0. The van der Waals surface area contributed by atoms with Crippen molar-refractivity contribution >= 4 is 11.4 Å². The van der Waals surface area contributed by atoms with Gasteiger partial charge < -0.3 is 21.3 Å². The first-order chi connectivity index (χ1) is 7.50. The third kappa shape index (κ3) is 2.86. The number of nitrogens with zero attached hydrogens (tertiary/aromatic N) is 1. The van der Waals surface area contributed by atoms with Crippen molar-refractivity contribution < 1.29 is 10.2 Å². The van der Waals surface area contributed by atoms with Crippen LogP contribution >= 0.6 is 0 Å². The largest absolute Gasteiger partial charge is 0.396 e. The summed E-state index contributed by atoms with van der Waals surface area (Å²) in [6.07, 6.45) is 0. The third-order valence-corrected chi connectivity index (χ3v) is 2.23. The molecule has 5 nitrogen and oxygen atoms in total. The Morgan fingerprint density at radius 3 is 2.81 bits per heavy atom. The van der Waals surface area contributed by atoms with E-state index in [1.54, 1.807) is 18.2 Å². The van der Waals surface area contributed by atoms with E-state index in [9.17, 15) is 5.11 Å². The lowest BCUT2D eigenvalue weighted by Crippen LogP contribution is -2.37. The molecule has 0 aliphatic carbocycles. The van der Waals surface area contributed by atoms with Crippen molar-refractivity contribution in [2.24, 2.45) is 0 Å². The Kier molecular flexibility index (Phi) is 3.72. The second kappa shape index (κ2) is 4.84. The summed E-state index contributed by atoms with van der Waals surface area (Å²) in [6.45, 7) is 1.31. The fourth-order valence-electron chi connectivity index (χ4n) is 1.16. The first-order valence-corrected chi connectivity index (χ1v) is 4.86. The van der Waals surface area contributed by atoms with Gasteiger partial charge in [0.15, 0.2) is 0 Å². The normalized spacial score (nSPS) is 13.9. The molecule has 0 aliphatic rings. The number of rotatable bonds is 4. The smallest absolute Gasteiger partial charge is 0.102 e. The van der Waals surface area contributed by atoms with Gasteiger partial charge in [-0.3, -0.25) is 0 Å². The molecule has 0 heterocycles. The van der Waals surface area contributed by atoms with Crippen LogP contribution in [0.3, 0.4) is 0 Å². The first-order valence-electron chi connectivity index (χ1n) is 4.86. The molecule has 0 fully saturated rings. The van der Waals surface area contributed by atoms with Crippen molar-refractivity contribution in [3.63, 3.8) is 0 Å². The van der Waals surface area contributed by atoms with Crippen molar-refractivity contribution in [2.45, 2.75) is 12.5 Å². The Morgan fingerprint density at radius 2 is 2.25 bits per heavy atom. The number of hydrogen-bond donors (Lipinski definition) is 4. The van der Waals surface area contributed by atoms with E-state index in [1.807, 2.05) is 6.07 Å². The fraction of sp³-hybridized carbons (Fsp3) is 0.364. The SMILES string of the molecule is CC(O)(CO)CNc1cccc(C#N)c1N. The molecular weight excluding hydrogens is 206 g/mol. The number of nitrogen functional groups attached to an aromatic ring is 1. The molecule has 0 saturated heterocycles. The van der Waals surface area contributed by atoms with Crippen LogP contribution in [0.4, 0.5) is 11.4 Å². The standard InChI is InChI=1S/C11H15N3O2/c1-11(16,7-15)6-14-9-4-2-3-8(5-12)10(9)13/h2-4,14-16H,6-7,13H2,1H3. The van der Waals surface area contributed by atoms with Gasteiger partial charge in [0, 0.05) is 6.54 Å². The number of nitriles is 1. The third-order valence-electron chi connectivity index (χ3n) is 2.23. The van der Waals surface area contributed by atoms with Crippen LogP contribution in [0.1, 0.15) is 12.5 Å². The quantitative estimate of drug-likeness (QED) is 0.547. The molecule has 1 aromatic rings. The van der Waals surface area contributed by atoms with Crippen LogP contribution in [0.5, 0.6) is 0 Å². The summed E-state index contributed by atoms with van der Waals surface area (Å²) in [4.78, 5) is 0. The average Bonchev–Trinajstić information content (AvgIpc) is 2.28. The summed E-state index contributed by atoms with van der Waals surface area (Å²) < 4.78 is 0. The molecule has 0 aliphatic heterocycles. The van der Waals surface area contributed by atoms with Crippen molar-refractivity contribution in [3.8, 4) is 6.07 Å². The molecule has 0 radical (unpaired) electrons. The van der Waals surface area contributed by atoms with E-state index in [2.05, 4.69) is 5.32 Å². The first kappa shape index (κ1) is 12.3. The van der Waals surface area contributed by atoms with Gasteiger partial charge >= 0.3 is 0 Å². The van der Waals surface area contributed by atoms with Crippen LogP contribution in [0.2, 0.25) is 0 Å². The van der Waals surface area contributed by atoms with E-state index in [1.165, 1.54) is 6.92 Å². The Bertz CT molecular complexity index is 410. The van der Waals surface area contributed by atoms with E-state index in [0.717, 1.165) is 0 Å². The van der Waals surface area contributed by atoms with Crippen LogP contribution in [0.15, 0.2) is 18.2 Å². The van der Waals surface area contributed by atoms with Crippen LogP contribution in [-0.4, -0.2) is 29.0 Å². The lowest BCUT2D eigenvalue weighted by molar-refractivity contribution is 0.0132. The topological polar surface area (TPSA) is 102 Å². The van der Waals surface area contributed by atoms with Gasteiger partial charge in [0.1, 0.15) is 11.7 Å². The maximum absolute atomic E-state index is 9.58. The number of benzene rings is 1. The molecule has 0 aromatic heterocycles. The predicted octanol–water partition coefficient (Wildman–Crippen LogP) is 0.296. The molecule has 5 heteroatoms. The highest BCUT2D eigenvalue weighted by molar-refractivity contribution is 5.72. The predicted molar refractivity (Wildman–Crippen MR) is 61.8 cm³/mol. The van der Waals surface area contributed by atoms with Crippen LogP contribution in [0, 0.1) is 11.3 Å². The highest BCUT2D eigenvalue weighted by Gasteiger charge is 2.18. The summed E-state index contributed by atoms with van der Waals surface area (Å²) in [5.41, 5.74) is 5.83. The zero-order valence-electron chi connectivity index (χ0n) is 9.07. The van der Waals surface area contributed by atoms with E-state index in [0.29, 0.717) is 16.9 Å². The minimum atomic E-state index is -1.21. The monoisotopic (exact) mass is 221 g/mol. The molecule has 86 valence electrons. The van der Waals surface area contributed by atoms with Gasteiger partial charge in [0.2, 0.25) is 0 Å². The van der Waals surface area contributed by atoms with Crippen LogP contribution in [0.25, 0.3) is 0 Å². The number of nitrogens with two attached hydrogens (primary N) is 1. The Morgan fingerprint density at radius 1 is 1.56 bits per heavy atom. The van der Waals surface area contributed by atoms with E-state index >= 15 is 0 Å². The van der Waals surface area contributed by atoms with Crippen molar-refractivity contribution in [1.82, 2.24) is 0 Å². The summed E-state index contributed by atoms with van der Waals surface area (Å²) in [7, 11) is 0. The number of hydrogen-bond acceptors (Lipinski definition) is 5. The molecule has 1 rings (SSSR count). The number of para-hydroxylation sites is 1. The van der Waals surface area contributed by atoms with E-state index in [4.69, 9.17) is 16.1 Å². The molecule has 0 saturated carbocycles. The van der Waals surface area contributed by atoms with Crippen molar-refractivity contribution in [3.05, 3.63) is 23.8 Å². The van der Waals surface area contributed by atoms with E-state index < -0.39 is 5.60 Å². The number of nitrogens with one attached hydrogen (secondary N) is 1. The molecule has 16 heavy (non-hydrogen) atoms. The van der Waals surface area contributed by atoms with Crippen LogP contribution in [-0.2, 0) is 0 Å². The maximum atomic E-state index is 9.58. The summed E-state index contributed by atoms with van der Waals surface area (Å²) in [5, 5.41) is 30.1. The molecule has 5 N–H and O–H groups in total. The highest BCUT2D eigenvalue weighted by atomic mass is 16.3. The molecule has 0 spiro atoms. The van der Waals surface area contributed by atoms with E-state index in [-0.39, 0.29) is 13.2 Å². The zero-order valence-corrected chi connectivity index (χ0v) is 9.07. The molecule has 0 amide bonds. The Hall–Kier alpha value is -1.77. The van der Waals surface area contributed by atoms with Gasteiger partial charge in [-0.05, 0) is 19.1 Å². The highest BCUT2D eigenvalue weighted by Crippen LogP contribution is 2.22. The number of anilines is 2. The Balaban J connectivity index is 2.80. The zero-order chi connectivity index (χ0) is 12.2. The second-order valence-electron chi connectivity index (χ2n) is 3.89. The van der Waals surface area contributed by atoms with Gasteiger partial charge in [-0.2, -0.15) is 5.26 Å². The average molecular weight is 221 g/mol. The summed E-state index contributed by atoms with van der Waals surface area (Å²) >= 11 is 0. The van der Waals surface area contributed by atoms with Gasteiger partial charge in [-0.1, -0.05) is 6.07 Å². The van der Waals surface area contributed by atoms with Gasteiger partial charge in [0.05, 0.1) is 23.5 Å². The molecule has 1 aromatic carbocycles. The number of aliphatic hydroxyl groups excluding tert-OH is 1. The van der Waals surface area contributed by atoms with Crippen molar-refractivity contribution in [2.75, 3.05) is 24.2 Å². The second-order valence-corrected chi connectivity index (χ2v) is 3.89.